The first kappa shape index (κ1) is 20.3. The fourth-order valence-corrected chi connectivity index (χ4v) is 4.65. The number of aryl methyl sites for hydroxylation is 1. The Morgan fingerprint density at radius 3 is 2.40 bits per heavy atom. The molecule has 1 heterocycles. The van der Waals surface area contributed by atoms with Crippen molar-refractivity contribution < 1.29 is 23.9 Å². The summed E-state index contributed by atoms with van der Waals surface area (Å²) in [5, 5.41) is 0. The lowest BCUT2D eigenvalue weighted by Gasteiger charge is -2.23. The quantitative estimate of drug-likeness (QED) is 0.616. The highest BCUT2D eigenvalue weighted by Gasteiger charge is 2.51. The van der Waals surface area contributed by atoms with E-state index >= 15 is 0 Å². The Balaban J connectivity index is 1.36. The third-order valence-electron chi connectivity index (χ3n) is 6.21. The van der Waals surface area contributed by atoms with Crippen LogP contribution in [0.5, 0.6) is 0 Å². The number of carbonyl (C=O) groups is 3. The number of rotatable bonds is 8. The van der Waals surface area contributed by atoms with Gasteiger partial charge >= 0.3 is 11.9 Å². The molecule has 1 saturated heterocycles. The topological polar surface area (TPSA) is 69.7 Å². The maximum Gasteiger partial charge on any atom is 0.338 e. The number of benzene rings is 2. The van der Waals surface area contributed by atoms with Crippen LogP contribution < -0.4 is 0 Å². The summed E-state index contributed by atoms with van der Waals surface area (Å²) in [4.78, 5) is 36.8. The molecule has 1 unspecified atom stereocenters. The van der Waals surface area contributed by atoms with Gasteiger partial charge in [-0.3, -0.25) is 9.59 Å². The van der Waals surface area contributed by atoms with Crippen LogP contribution in [-0.2, 0) is 25.5 Å². The average molecular weight is 406 g/mol. The van der Waals surface area contributed by atoms with E-state index in [4.69, 9.17) is 9.47 Å². The minimum Gasteiger partial charge on any atom is -0.462 e. The summed E-state index contributed by atoms with van der Waals surface area (Å²) in [6.07, 6.45) is 2.56. The SMILES string of the molecule is O=C(CCc1ccccc1)CC[C@H]1[C@H](OC(=O)c2ccccc2)CC2OC(=O)C[C@@H]21. The number of Topliss-reactive ketones (excluding diaryl/α,β-unsaturated/α-hetero) is 1. The van der Waals surface area contributed by atoms with Crippen molar-refractivity contribution in [2.24, 2.45) is 11.8 Å². The van der Waals surface area contributed by atoms with Gasteiger partial charge in [0.25, 0.3) is 0 Å². The van der Waals surface area contributed by atoms with Crippen LogP contribution in [0.25, 0.3) is 0 Å². The number of esters is 2. The number of fused-ring (bicyclic) bond motifs is 1. The molecule has 0 N–H and O–H groups in total. The Bertz CT molecular complexity index is 892. The predicted octanol–water partition coefficient (Wildman–Crippen LogP) is 4.15. The lowest BCUT2D eigenvalue weighted by Crippen LogP contribution is -2.26. The second kappa shape index (κ2) is 9.24. The summed E-state index contributed by atoms with van der Waals surface area (Å²) in [6, 6.07) is 18.8. The molecule has 0 amide bonds. The Morgan fingerprint density at radius 1 is 0.967 bits per heavy atom. The number of carbonyl (C=O) groups excluding carboxylic acids is 3. The summed E-state index contributed by atoms with van der Waals surface area (Å²) in [5.74, 6) is -0.381. The van der Waals surface area contributed by atoms with Crippen LogP contribution in [0, 0.1) is 11.8 Å². The van der Waals surface area contributed by atoms with Crippen molar-refractivity contribution in [3.05, 3.63) is 71.8 Å². The molecule has 0 aromatic heterocycles. The summed E-state index contributed by atoms with van der Waals surface area (Å²) in [7, 11) is 0. The molecular weight excluding hydrogens is 380 g/mol. The van der Waals surface area contributed by atoms with Gasteiger partial charge in [0, 0.05) is 31.1 Å². The molecule has 2 aliphatic rings. The van der Waals surface area contributed by atoms with Gasteiger partial charge in [-0.05, 0) is 30.5 Å². The van der Waals surface area contributed by atoms with E-state index in [2.05, 4.69) is 0 Å². The van der Waals surface area contributed by atoms with Gasteiger partial charge in [-0.25, -0.2) is 4.79 Å². The third-order valence-corrected chi connectivity index (χ3v) is 6.21. The van der Waals surface area contributed by atoms with E-state index in [1.807, 2.05) is 36.4 Å². The van der Waals surface area contributed by atoms with Crippen LogP contribution in [0.2, 0.25) is 0 Å². The first-order valence-electron chi connectivity index (χ1n) is 10.6. The van der Waals surface area contributed by atoms with Crippen molar-refractivity contribution in [2.45, 2.75) is 50.7 Å². The van der Waals surface area contributed by atoms with E-state index in [1.54, 1.807) is 24.3 Å². The molecular formula is C25H26O5. The second-order valence-corrected chi connectivity index (χ2v) is 8.17. The van der Waals surface area contributed by atoms with Crippen LogP contribution in [0.4, 0.5) is 0 Å². The summed E-state index contributed by atoms with van der Waals surface area (Å²) < 4.78 is 11.2. The maximum absolute atomic E-state index is 12.5. The number of hydrogen-bond donors (Lipinski definition) is 0. The molecule has 4 atom stereocenters. The van der Waals surface area contributed by atoms with E-state index in [1.165, 1.54) is 0 Å². The first-order chi connectivity index (χ1) is 14.6. The highest BCUT2D eigenvalue weighted by Crippen LogP contribution is 2.45. The molecule has 0 spiro atoms. The van der Waals surface area contributed by atoms with Gasteiger partial charge in [0.2, 0.25) is 0 Å². The first-order valence-corrected chi connectivity index (χ1v) is 10.6. The molecule has 30 heavy (non-hydrogen) atoms. The molecule has 5 heteroatoms. The number of ketones is 1. The molecule has 5 nitrogen and oxygen atoms in total. The zero-order valence-corrected chi connectivity index (χ0v) is 16.9. The third kappa shape index (κ3) is 4.78. The van der Waals surface area contributed by atoms with Gasteiger partial charge in [0.15, 0.2) is 0 Å². The Morgan fingerprint density at radius 2 is 1.67 bits per heavy atom. The maximum atomic E-state index is 12.5. The highest BCUT2D eigenvalue weighted by atomic mass is 16.6. The molecule has 0 radical (unpaired) electrons. The van der Waals surface area contributed by atoms with Crippen molar-refractivity contribution in [3.63, 3.8) is 0 Å². The van der Waals surface area contributed by atoms with Gasteiger partial charge in [-0.15, -0.1) is 0 Å². The lowest BCUT2D eigenvalue weighted by molar-refractivity contribution is -0.141. The highest BCUT2D eigenvalue weighted by molar-refractivity contribution is 5.89. The van der Waals surface area contributed by atoms with Gasteiger partial charge in [0.05, 0.1) is 12.0 Å². The monoisotopic (exact) mass is 406 g/mol. The van der Waals surface area contributed by atoms with E-state index in [0.717, 1.165) is 12.0 Å². The minimum absolute atomic E-state index is 0.0213. The lowest BCUT2D eigenvalue weighted by atomic mass is 9.87. The van der Waals surface area contributed by atoms with E-state index < -0.39 is 0 Å². The number of hydrogen-bond acceptors (Lipinski definition) is 5. The van der Waals surface area contributed by atoms with Crippen molar-refractivity contribution in [1.82, 2.24) is 0 Å². The van der Waals surface area contributed by atoms with Crippen molar-refractivity contribution in [1.29, 1.82) is 0 Å². The van der Waals surface area contributed by atoms with Crippen LogP contribution in [0.1, 0.15) is 48.0 Å². The normalized spacial score (nSPS) is 24.9. The molecule has 1 aliphatic carbocycles. The van der Waals surface area contributed by atoms with Crippen LogP contribution in [-0.4, -0.2) is 29.9 Å². The Hall–Kier alpha value is -2.95. The molecule has 4 rings (SSSR count). The predicted molar refractivity (Wildman–Crippen MR) is 111 cm³/mol. The molecule has 2 aromatic rings. The van der Waals surface area contributed by atoms with E-state index in [0.29, 0.717) is 37.7 Å². The molecule has 0 bridgehead atoms. The van der Waals surface area contributed by atoms with Gasteiger partial charge < -0.3 is 9.47 Å². The summed E-state index contributed by atoms with van der Waals surface area (Å²) in [5.41, 5.74) is 1.65. The zero-order chi connectivity index (χ0) is 20.9. The molecule has 156 valence electrons. The van der Waals surface area contributed by atoms with Gasteiger partial charge in [0.1, 0.15) is 18.0 Å². The smallest absolute Gasteiger partial charge is 0.338 e. The second-order valence-electron chi connectivity index (χ2n) is 8.17. The molecule has 2 aromatic carbocycles. The van der Waals surface area contributed by atoms with Gasteiger partial charge in [-0.2, -0.15) is 0 Å². The molecule has 2 fully saturated rings. The minimum atomic E-state index is -0.368. The summed E-state index contributed by atoms with van der Waals surface area (Å²) >= 11 is 0. The van der Waals surface area contributed by atoms with Crippen molar-refractivity contribution >= 4 is 17.7 Å². The summed E-state index contributed by atoms with van der Waals surface area (Å²) in [6.45, 7) is 0. The molecule has 1 aliphatic heterocycles. The standard InChI is InChI=1S/C25H26O5/c26-19(12-11-17-7-3-1-4-8-17)13-14-20-21-15-24(27)29-23(21)16-22(20)30-25(28)18-9-5-2-6-10-18/h1-10,20-23H,11-16H2/t20-,21-,22-,23?/m1/s1. The van der Waals surface area contributed by atoms with Crippen molar-refractivity contribution in [3.8, 4) is 0 Å². The van der Waals surface area contributed by atoms with Crippen LogP contribution in [0.3, 0.4) is 0 Å². The number of ether oxygens (including phenoxy) is 2. The van der Waals surface area contributed by atoms with Crippen LogP contribution in [0.15, 0.2) is 60.7 Å². The van der Waals surface area contributed by atoms with E-state index in [-0.39, 0.29) is 41.8 Å². The zero-order valence-electron chi connectivity index (χ0n) is 16.9. The van der Waals surface area contributed by atoms with Crippen molar-refractivity contribution in [2.75, 3.05) is 0 Å². The fourth-order valence-electron chi connectivity index (χ4n) is 4.65. The fraction of sp³-hybridized carbons (Fsp3) is 0.400. The van der Waals surface area contributed by atoms with Gasteiger partial charge in [-0.1, -0.05) is 48.5 Å². The Labute approximate surface area is 176 Å². The molecule has 1 saturated carbocycles. The Kier molecular flexibility index (Phi) is 6.26. The van der Waals surface area contributed by atoms with E-state index in [9.17, 15) is 14.4 Å². The van der Waals surface area contributed by atoms with Crippen LogP contribution >= 0.6 is 0 Å². The largest absolute Gasteiger partial charge is 0.462 e. The average Bonchev–Trinajstić information content (AvgIpc) is 3.27.